The van der Waals surface area contributed by atoms with Crippen LogP contribution in [0.5, 0.6) is 0 Å². The maximum Gasteiger partial charge on any atom is 0.416 e. The van der Waals surface area contributed by atoms with Crippen LogP contribution in [0.2, 0.25) is 0 Å². The molecule has 112 valence electrons. The molecule has 0 bridgehead atoms. The van der Waals surface area contributed by atoms with Crippen molar-refractivity contribution in [2.24, 2.45) is 0 Å². The number of aliphatic hydroxyl groups is 1. The monoisotopic (exact) mass is 287 g/mol. The fourth-order valence-corrected chi connectivity index (χ4v) is 2.67. The van der Waals surface area contributed by atoms with Crippen molar-refractivity contribution in [1.29, 1.82) is 0 Å². The maximum absolute atomic E-state index is 13.0. The van der Waals surface area contributed by atoms with Gasteiger partial charge in [-0.1, -0.05) is 25.3 Å². The van der Waals surface area contributed by atoms with Gasteiger partial charge in [-0.15, -0.1) is 0 Å². The molecule has 1 heterocycles. The molecule has 1 aliphatic heterocycles. The van der Waals surface area contributed by atoms with E-state index in [1.165, 1.54) is 18.6 Å². The van der Waals surface area contributed by atoms with Crippen molar-refractivity contribution < 1.29 is 18.3 Å². The van der Waals surface area contributed by atoms with E-state index in [-0.39, 0.29) is 5.56 Å². The van der Waals surface area contributed by atoms with E-state index in [9.17, 15) is 13.2 Å². The number of hydrogen-bond donors (Lipinski definition) is 1. The highest BCUT2D eigenvalue weighted by Gasteiger charge is 2.33. The van der Waals surface area contributed by atoms with Gasteiger partial charge in [-0.05, 0) is 30.5 Å². The van der Waals surface area contributed by atoms with Crippen LogP contribution < -0.4 is 4.90 Å². The van der Waals surface area contributed by atoms with Gasteiger partial charge in [-0.2, -0.15) is 13.2 Å². The molecule has 20 heavy (non-hydrogen) atoms. The third-order valence-corrected chi connectivity index (χ3v) is 3.79. The van der Waals surface area contributed by atoms with Crippen molar-refractivity contribution in [3.05, 3.63) is 29.3 Å². The summed E-state index contributed by atoms with van der Waals surface area (Å²) in [6.07, 6.45) is 1.10. The van der Waals surface area contributed by atoms with Gasteiger partial charge in [0.25, 0.3) is 0 Å². The Morgan fingerprint density at radius 3 is 2.15 bits per heavy atom. The van der Waals surface area contributed by atoms with Crippen molar-refractivity contribution in [3.63, 3.8) is 0 Å². The second-order valence-corrected chi connectivity index (χ2v) is 5.25. The molecule has 0 spiro atoms. The first-order valence-corrected chi connectivity index (χ1v) is 7.08. The summed E-state index contributed by atoms with van der Waals surface area (Å²) in [6.45, 7) is 1.01. The third-order valence-electron chi connectivity index (χ3n) is 3.79. The average Bonchev–Trinajstić information content (AvgIpc) is 2.37. The van der Waals surface area contributed by atoms with Gasteiger partial charge in [0, 0.05) is 18.8 Å². The summed E-state index contributed by atoms with van der Waals surface area (Å²) in [5.74, 6) is 0. The van der Waals surface area contributed by atoms with E-state index in [0.29, 0.717) is 5.69 Å². The third kappa shape index (κ3) is 3.66. The van der Waals surface area contributed by atoms with Crippen molar-refractivity contribution in [2.45, 2.75) is 44.9 Å². The Morgan fingerprint density at radius 2 is 1.60 bits per heavy atom. The molecule has 1 fully saturated rings. The number of hydrogen-bond acceptors (Lipinski definition) is 2. The molecule has 0 aromatic heterocycles. The van der Waals surface area contributed by atoms with Gasteiger partial charge < -0.3 is 10.0 Å². The molecule has 2 rings (SSSR count). The number of benzene rings is 1. The summed E-state index contributed by atoms with van der Waals surface area (Å²) in [7, 11) is 0. The Balaban J connectivity index is 2.27. The first-order chi connectivity index (χ1) is 9.52. The summed E-state index contributed by atoms with van der Waals surface area (Å²) in [5.41, 5.74) is -0.177. The SMILES string of the molecule is OCc1ccc(N2CCCCCCC2)cc1C(F)(F)F. The Bertz CT molecular complexity index is 437. The Hall–Kier alpha value is -1.23. The largest absolute Gasteiger partial charge is 0.416 e. The van der Waals surface area contributed by atoms with Crippen LogP contribution in [0.3, 0.4) is 0 Å². The van der Waals surface area contributed by atoms with E-state index < -0.39 is 18.3 Å². The highest BCUT2D eigenvalue weighted by Crippen LogP contribution is 2.35. The summed E-state index contributed by atoms with van der Waals surface area (Å²) < 4.78 is 39.0. The van der Waals surface area contributed by atoms with Crippen LogP contribution in [0.4, 0.5) is 18.9 Å². The van der Waals surface area contributed by atoms with Gasteiger partial charge in [0.2, 0.25) is 0 Å². The van der Waals surface area contributed by atoms with Crippen molar-refractivity contribution in [2.75, 3.05) is 18.0 Å². The molecule has 0 amide bonds. The van der Waals surface area contributed by atoms with Crippen LogP contribution in [-0.2, 0) is 12.8 Å². The molecule has 2 nitrogen and oxygen atoms in total. The van der Waals surface area contributed by atoms with E-state index in [2.05, 4.69) is 0 Å². The Labute approximate surface area is 117 Å². The standard InChI is InChI=1S/C15H20F3NO/c16-15(17,18)14-10-13(7-6-12(14)11-20)19-8-4-2-1-3-5-9-19/h6-7,10,20H,1-5,8-9,11H2. The second kappa shape index (κ2) is 6.48. The second-order valence-electron chi connectivity index (χ2n) is 5.25. The van der Waals surface area contributed by atoms with Crippen molar-refractivity contribution in [1.82, 2.24) is 0 Å². The molecule has 0 unspecified atom stereocenters. The fraction of sp³-hybridized carbons (Fsp3) is 0.600. The van der Waals surface area contributed by atoms with Gasteiger partial charge in [-0.3, -0.25) is 0 Å². The van der Waals surface area contributed by atoms with E-state index in [4.69, 9.17) is 5.11 Å². The minimum absolute atomic E-state index is 0.0618. The van der Waals surface area contributed by atoms with Crippen LogP contribution in [0.25, 0.3) is 0 Å². The van der Waals surface area contributed by atoms with Crippen LogP contribution >= 0.6 is 0 Å². The first-order valence-electron chi connectivity index (χ1n) is 7.08. The lowest BCUT2D eigenvalue weighted by Crippen LogP contribution is -2.27. The van der Waals surface area contributed by atoms with Gasteiger partial charge in [0.05, 0.1) is 12.2 Å². The molecule has 0 radical (unpaired) electrons. The molecule has 1 N–H and O–H groups in total. The zero-order valence-electron chi connectivity index (χ0n) is 11.4. The average molecular weight is 287 g/mol. The number of nitrogens with zero attached hydrogens (tertiary/aromatic N) is 1. The molecule has 0 atom stereocenters. The Morgan fingerprint density at radius 1 is 1.00 bits per heavy atom. The molecule has 0 aliphatic carbocycles. The van der Waals surface area contributed by atoms with E-state index >= 15 is 0 Å². The number of halogens is 3. The zero-order chi connectivity index (χ0) is 14.6. The number of alkyl halides is 3. The fourth-order valence-electron chi connectivity index (χ4n) is 2.67. The number of anilines is 1. The normalized spacial score (nSPS) is 17.7. The number of rotatable bonds is 2. The predicted octanol–water partition coefficient (Wildman–Crippen LogP) is 3.97. The molecule has 1 saturated heterocycles. The molecular formula is C15H20F3NO. The topological polar surface area (TPSA) is 23.5 Å². The minimum atomic E-state index is -4.42. The molecule has 1 aromatic carbocycles. The van der Waals surface area contributed by atoms with Crippen LogP contribution in [0.1, 0.15) is 43.2 Å². The summed E-state index contributed by atoms with van der Waals surface area (Å²) in [5, 5.41) is 9.05. The van der Waals surface area contributed by atoms with Crippen LogP contribution in [-0.4, -0.2) is 18.2 Å². The smallest absolute Gasteiger partial charge is 0.392 e. The quantitative estimate of drug-likeness (QED) is 0.889. The lowest BCUT2D eigenvalue weighted by Gasteiger charge is -2.28. The van der Waals surface area contributed by atoms with Crippen LogP contribution in [0.15, 0.2) is 18.2 Å². The Kier molecular flexibility index (Phi) is 4.91. The van der Waals surface area contributed by atoms with E-state index in [1.54, 1.807) is 6.07 Å². The molecule has 5 heteroatoms. The van der Waals surface area contributed by atoms with Crippen molar-refractivity contribution >= 4 is 5.69 Å². The minimum Gasteiger partial charge on any atom is -0.392 e. The number of aliphatic hydroxyl groups excluding tert-OH is 1. The lowest BCUT2D eigenvalue weighted by atomic mass is 10.0. The van der Waals surface area contributed by atoms with Gasteiger partial charge >= 0.3 is 6.18 Å². The highest BCUT2D eigenvalue weighted by atomic mass is 19.4. The molecular weight excluding hydrogens is 267 g/mol. The highest BCUT2D eigenvalue weighted by molar-refractivity contribution is 5.52. The molecule has 1 aliphatic rings. The zero-order valence-corrected chi connectivity index (χ0v) is 11.4. The summed E-state index contributed by atoms with van der Waals surface area (Å²) in [6, 6.07) is 4.24. The van der Waals surface area contributed by atoms with E-state index in [0.717, 1.165) is 38.8 Å². The van der Waals surface area contributed by atoms with E-state index in [1.807, 2.05) is 4.90 Å². The van der Waals surface area contributed by atoms with Gasteiger partial charge in [0.1, 0.15) is 0 Å². The first kappa shape index (κ1) is 15.2. The predicted molar refractivity (Wildman–Crippen MR) is 72.7 cm³/mol. The van der Waals surface area contributed by atoms with Crippen LogP contribution in [0, 0.1) is 0 Å². The summed E-state index contributed by atoms with van der Waals surface area (Å²) in [4.78, 5) is 2.02. The lowest BCUT2D eigenvalue weighted by molar-refractivity contribution is -0.138. The van der Waals surface area contributed by atoms with Gasteiger partial charge in [-0.25, -0.2) is 0 Å². The maximum atomic E-state index is 13.0. The summed E-state index contributed by atoms with van der Waals surface area (Å²) >= 11 is 0. The van der Waals surface area contributed by atoms with Crippen molar-refractivity contribution in [3.8, 4) is 0 Å². The van der Waals surface area contributed by atoms with Gasteiger partial charge in [0.15, 0.2) is 0 Å². The molecule has 1 aromatic rings. The molecule has 0 saturated carbocycles.